The number of thiazole rings is 1. The third kappa shape index (κ3) is 3.67. The van der Waals surface area contributed by atoms with Crippen LogP contribution in [0, 0.1) is 5.82 Å². The molecule has 0 saturated heterocycles. The average molecular weight is 392 g/mol. The van der Waals surface area contributed by atoms with E-state index in [4.69, 9.17) is 0 Å². The Balaban J connectivity index is 1.36. The van der Waals surface area contributed by atoms with Gasteiger partial charge in [0.25, 0.3) is 0 Å². The zero-order valence-electron chi connectivity index (χ0n) is 12.4. The van der Waals surface area contributed by atoms with Crippen LogP contribution in [0.2, 0.25) is 0 Å². The molecule has 3 heterocycles. The Bertz CT molecular complexity index is 996. The third-order valence-electron chi connectivity index (χ3n) is 3.09. The molecular weight excluding hydrogens is 383 g/mol. The van der Waals surface area contributed by atoms with Crippen LogP contribution < -0.4 is 5.32 Å². The molecule has 0 aliphatic heterocycles. The van der Waals surface area contributed by atoms with Gasteiger partial charge in [-0.1, -0.05) is 23.1 Å². The number of amides is 1. The van der Waals surface area contributed by atoms with Crippen LogP contribution in [0.5, 0.6) is 0 Å². The van der Waals surface area contributed by atoms with Crippen LogP contribution in [0.25, 0.3) is 16.2 Å². The van der Waals surface area contributed by atoms with Crippen LogP contribution in [0.3, 0.4) is 0 Å². The Hall–Kier alpha value is -2.37. The van der Waals surface area contributed by atoms with Gasteiger partial charge in [0.1, 0.15) is 12.1 Å². The largest absolute Gasteiger partial charge is 0.301 e. The number of anilines is 1. The van der Waals surface area contributed by atoms with Crippen LogP contribution in [0.4, 0.5) is 9.52 Å². The van der Waals surface area contributed by atoms with Gasteiger partial charge < -0.3 is 5.32 Å². The molecule has 126 valence electrons. The minimum Gasteiger partial charge on any atom is -0.301 e. The number of rotatable bonds is 5. The van der Waals surface area contributed by atoms with E-state index in [9.17, 15) is 9.18 Å². The molecule has 0 saturated carbocycles. The summed E-state index contributed by atoms with van der Waals surface area (Å²) in [7, 11) is 0. The van der Waals surface area contributed by atoms with Crippen molar-refractivity contribution in [1.82, 2.24) is 24.8 Å². The molecule has 1 N–H and O–H groups in total. The van der Waals surface area contributed by atoms with Crippen molar-refractivity contribution in [2.75, 3.05) is 11.1 Å². The van der Waals surface area contributed by atoms with Gasteiger partial charge in [-0.2, -0.15) is 4.52 Å². The van der Waals surface area contributed by atoms with Gasteiger partial charge in [-0.15, -0.1) is 26.6 Å². The van der Waals surface area contributed by atoms with E-state index in [0.717, 1.165) is 9.90 Å². The van der Waals surface area contributed by atoms with Gasteiger partial charge in [-0.25, -0.2) is 9.37 Å². The zero-order chi connectivity index (χ0) is 17.2. The van der Waals surface area contributed by atoms with Crippen molar-refractivity contribution < 1.29 is 9.18 Å². The van der Waals surface area contributed by atoms with Crippen molar-refractivity contribution in [2.24, 2.45) is 0 Å². The van der Waals surface area contributed by atoms with Crippen molar-refractivity contribution in [3.8, 4) is 11.3 Å². The standard InChI is InChI=1S/C14H9FN6OS3/c15-9-3-1-8(2-4-9)10-5-23-12(17-10)18-11(22)6-24-14-20-21-7-16-19-13(21)25-14/h1-5,7H,6H2,(H,17,18,22). The van der Waals surface area contributed by atoms with E-state index in [0.29, 0.717) is 15.8 Å². The summed E-state index contributed by atoms with van der Waals surface area (Å²) in [6.07, 6.45) is 1.52. The number of carbonyl (C=O) groups is 1. The van der Waals surface area contributed by atoms with Crippen LogP contribution in [0.15, 0.2) is 40.3 Å². The molecule has 1 aromatic carbocycles. The second-order valence-corrected chi connectivity index (χ2v) is 7.84. The van der Waals surface area contributed by atoms with Gasteiger partial charge in [0.05, 0.1) is 11.4 Å². The van der Waals surface area contributed by atoms with Gasteiger partial charge in [-0.05, 0) is 24.3 Å². The van der Waals surface area contributed by atoms with E-state index in [2.05, 4.69) is 25.6 Å². The fourth-order valence-electron chi connectivity index (χ4n) is 1.97. The summed E-state index contributed by atoms with van der Waals surface area (Å²) in [4.78, 5) is 17.1. The maximum Gasteiger partial charge on any atom is 0.236 e. The molecule has 1 amide bonds. The van der Waals surface area contributed by atoms with Crippen molar-refractivity contribution in [3.05, 3.63) is 41.8 Å². The predicted molar refractivity (Wildman–Crippen MR) is 95.5 cm³/mol. The Morgan fingerprint density at radius 1 is 1.32 bits per heavy atom. The smallest absolute Gasteiger partial charge is 0.236 e. The first-order valence-electron chi connectivity index (χ1n) is 6.98. The molecule has 7 nitrogen and oxygen atoms in total. The predicted octanol–water partition coefficient (Wildman–Crippen LogP) is 3.18. The molecule has 0 bridgehead atoms. The fraction of sp³-hybridized carbons (Fsp3) is 0.0714. The average Bonchev–Trinajstić information content (AvgIpc) is 3.29. The zero-order valence-corrected chi connectivity index (χ0v) is 14.9. The second-order valence-electron chi connectivity index (χ2n) is 4.81. The normalized spacial score (nSPS) is 11.1. The van der Waals surface area contributed by atoms with Crippen LogP contribution >= 0.6 is 34.4 Å². The van der Waals surface area contributed by atoms with Gasteiger partial charge in [-0.3, -0.25) is 4.79 Å². The lowest BCUT2D eigenvalue weighted by molar-refractivity contribution is -0.113. The van der Waals surface area contributed by atoms with E-state index in [-0.39, 0.29) is 17.5 Å². The summed E-state index contributed by atoms with van der Waals surface area (Å²) in [5.74, 6) is -0.249. The number of nitrogens with one attached hydrogen (secondary N) is 1. The summed E-state index contributed by atoms with van der Waals surface area (Å²) in [6, 6.07) is 6.06. The minimum absolute atomic E-state index is 0.170. The van der Waals surface area contributed by atoms with Crippen LogP contribution in [-0.4, -0.2) is 36.5 Å². The Morgan fingerprint density at radius 2 is 2.16 bits per heavy atom. The van der Waals surface area contributed by atoms with Crippen molar-refractivity contribution in [3.63, 3.8) is 0 Å². The molecule has 0 fully saturated rings. The number of hydrogen-bond acceptors (Lipinski definition) is 8. The minimum atomic E-state index is -0.296. The van der Waals surface area contributed by atoms with Crippen molar-refractivity contribution in [1.29, 1.82) is 0 Å². The summed E-state index contributed by atoms with van der Waals surface area (Å²) < 4.78 is 15.3. The number of thioether (sulfide) groups is 1. The first-order valence-corrected chi connectivity index (χ1v) is 9.66. The highest BCUT2D eigenvalue weighted by molar-refractivity contribution is 8.01. The van der Waals surface area contributed by atoms with Gasteiger partial charge in [0.15, 0.2) is 9.47 Å². The molecule has 4 aromatic rings. The molecule has 0 aliphatic carbocycles. The number of benzene rings is 1. The molecule has 4 rings (SSSR count). The number of fused-ring (bicyclic) bond motifs is 1. The van der Waals surface area contributed by atoms with Crippen molar-refractivity contribution >= 4 is 50.4 Å². The molecule has 0 aliphatic rings. The highest BCUT2D eigenvalue weighted by Gasteiger charge is 2.11. The summed E-state index contributed by atoms with van der Waals surface area (Å²) in [5, 5.41) is 17.0. The number of aromatic nitrogens is 5. The highest BCUT2D eigenvalue weighted by Crippen LogP contribution is 2.26. The topological polar surface area (TPSA) is 85.1 Å². The quantitative estimate of drug-likeness (QED) is 0.525. The lowest BCUT2D eigenvalue weighted by Gasteiger charge is -1.99. The molecule has 0 atom stereocenters. The Morgan fingerprint density at radius 3 is 2.96 bits per heavy atom. The molecular formula is C14H9FN6OS3. The second kappa shape index (κ2) is 6.86. The number of carbonyl (C=O) groups excluding carboxylic acids is 1. The lowest BCUT2D eigenvalue weighted by Crippen LogP contribution is -2.13. The monoisotopic (exact) mass is 392 g/mol. The number of hydrogen-bond donors (Lipinski definition) is 1. The van der Waals surface area contributed by atoms with E-state index >= 15 is 0 Å². The maximum atomic E-state index is 13.0. The van der Waals surface area contributed by atoms with E-state index in [1.54, 1.807) is 16.6 Å². The molecule has 11 heteroatoms. The Labute approximate surface area is 152 Å². The first kappa shape index (κ1) is 16.1. The van der Waals surface area contributed by atoms with Crippen LogP contribution in [0.1, 0.15) is 0 Å². The van der Waals surface area contributed by atoms with Gasteiger partial charge in [0, 0.05) is 10.9 Å². The maximum absolute atomic E-state index is 13.0. The van der Waals surface area contributed by atoms with Crippen molar-refractivity contribution in [2.45, 2.75) is 4.34 Å². The molecule has 0 spiro atoms. The number of halogens is 1. The SMILES string of the molecule is O=C(CSc1nn2cnnc2s1)Nc1nc(-c2ccc(F)cc2)cs1. The van der Waals surface area contributed by atoms with Gasteiger partial charge in [0.2, 0.25) is 10.9 Å². The van der Waals surface area contributed by atoms with E-state index in [1.165, 1.54) is 52.9 Å². The van der Waals surface area contributed by atoms with Crippen LogP contribution in [-0.2, 0) is 4.79 Å². The lowest BCUT2D eigenvalue weighted by atomic mass is 10.2. The molecule has 3 aromatic heterocycles. The third-order valence-corrected chi connectivity index (χ3v) is 5.89. The summed E-state index contributed by atoms with van der Waals surface area (Å²) in [5.41, 5.74) is 1.49. The highest BCUT2D eigenvalue weighted by atomic mass is 32.2. The first-order chi connectivity index (χ1) is 12.2. The molecule has 0 radical (unpaired) electrons. The van der Waals surface area contributed by atoms with Gasteiger partial charge >= 0.3 is 0 Å². The Kier molecular flexibility index (Phi) is 4.42. The summed E-state index contributed by atoms with van der Waals surface area (Å²) >= 11 is 4.02. The number of nitrogens with zero attached hydrogens (tertiary/aromatic N) is 5. The van der Waals surface area contributed by atoms with E-state index in [1.807, 2.05) is 5.38 Å². The van der Waals surface area contributed by atoms with E-state index < -0.39 is 0 Å². The molecule has 0 unspecified atom stereocenters. The fourth-order valence-corrected chi connectivity index (χ4v) is 4.37. The molecule has 25 heavy (non-hydrogen) atoms. The summed E-state index contributed by atoms with van der Waals surface area (Å²) in [6.45, 7) is 0.